The van der Waals surface area contributed by atoms with Gasteiger partial charge in [0.05, 0.1) is 12.6 Å². The van der Waals surface area contributed by atoms with Crippen LogP contribution in [0.4, 0.5) is 5.69 Å². The van der Waals surface area contributed by atoms with Crippen molar-refractivity contribution in [3.05, 3.63) is 40.6 Å². The van der Waals surface area contributed by atoms with Crippen LogP contribution in [0.25, 0.3) is 0 Å². The van der Waals surface area contributed by atoms with Crippen molar-refractivity contribution >= 4 is 22.0 Å². The molecule has 1 saturated heterocycles. The summed E-state index contributed by atoms with van der Waals surface area (Å²) in [5.74, 6) is 0.658. The first-order valence-corrected chi connectivity index (χ1v) is 12.1. The normalized spacial score (nSPS) is 20.9. The monoisotopic (exact) mass is 448 g/mol. The lowest BCUT2D eigenvalue weighted by Gasteiger charge is -2.20. The molecule has 10 nitrogen and oxygen atoms in total. The molecule has 2 N–H and O–H groups in total. The van der Waals surface area contributed by atoms with E-state index in [1.165, 1.54) is 23.7 Å². The first-order chi connectivity index (χ1) is 14.8. The standard InChI is InChI=1S/C20H28N6O4S/c1-15(27)21-16-5-7-18(8-6-16)31(29,30)23-17-9-11-24(14-17)12-13-26-20(28)25-10-3-2-4-19(25)22-26/h5-8,17H,2-4,9-14H2,1H3,(H2-,21,23,27,29,30). The summed E-state index contributed by atoms with van der Waals surface area (Å²) in [6.07, 6.45) is 3.64. The van der Waals surface area contributed by atoms with Crippen LogP contribution < -0.4 is 15.7 Å². The Bertz CT molecular complexity index is 1050. The Morgan fingerprint density at radius 3 is 2.71 bits per heavy atom. The Morgan fingerprint density at radius 2 is 2.00 bits per heavy atom. The molecule has 11 heteroatoms. The van der Waals surface area contributed by atoms with Crippen molar-refractivity contribution in [3.8, 4) is 0 Å². The molecule has 2 atom stereocenters. The van der Waals surface area contributed by atoms with Crippen LogP contribution in [0.2, 0.25) is 0 Å². The van der Waals surface area contributed by atoms with Crippen molar-refractivity contribution in [2.45, 2.75) is 56.6 Å². The summed E-state index contributed by atoms with van der Waals surface area (Å²) in [5.41, 5.74) is 0.503. The molecule has 31 heavy (non-hydrogen) atoms. The second-order valence-corrected chi connectivity index (χ2v) is 9.86. The minimum Gasteiger partial charge on any atom is -0.593 e. The van der Waals surface area contributed by atoms with Gasteiger partial charge in [0.2, 0.25) is 5.91 Å². The lowest BCUT2D eigenvalue weighted by Crippen LogP contribution is -2.41. The van der Waals surface area contributed by atoms with Gasteiger partial charge in [-0.1, -0.05) is 4.21 Å². The molecule has 2 aliphatic rings. The van der Waals surface area contributed by atoms with Gasteiger partial charge in [0.25, 0.3) is 0 Å². The number of anilines is 1. The zero-order valence-electron chi connectivity index (χ0n) is 17.6. The number of nitrogens with zero attached hydrogens (tertiary/aromatic N) is 4. The van der Waals surface area contributed by atoms with E-state index in [4.69, 9.17) is 0 Å². The smallest absolute Gasteiger partial charge is 0.345 e. The predicted octanol–water partition coefficient (Wildman–Crippen LogP) is 0.607. The van der Waals surface area contributed by atoms with Crippen LogP contribution in [0.1, 0.15) is 32.0 Å². The third-order valence-electron chi connectivity index (χ3n) is 5.74. The van der Waals surface area contributed by atoms with Crippen molar-refractivity contribution in [1.82, 2.24) is 24.0 Å². The molecular formula is C20H28N6O4S. The van der Waals surface area contributed by atoms with Crippen LogP contribution >= 0.6 is 0 Å². The van der Waals surface area contributed by atoms with Gasteiger partial charge in [0, 0.05) is 38.7 Å². The second kappa shape index (κ2) is 9.03. The van der Waals surface area contributed by atoms with Crippen LogP contribution in [0.3, 0.4) is 0 Å². The van der Waals surface area contributed by atoms with E-state index >= 15 is 0 Å². The molecule has 1 aromatic carbocycles. The number of amides is 1. The van der Waals surface area contributed by atoms with E-state index in [2.05, 4.69) is 20.0 Å². The number of benzene rings is 1. The average molecular weight is 449 g/mol. The Kier molecular flexibility index (Phi) is 6.37. The molecule has 0 bridgehead atoms. The minimum absolute atomic E-state index is 0.0474. The van der Waals surface area contributed by atoms with Crippen LogP contribution in [0.5, 0.6) is 0 Å². The third-order valence-corrected chi connectivity index (χ3v) is 7.28. The molecular weight excluding hydrogens is 420 g/mol. The number of rotatable bonds is 7. The van der Waals surface area contributed by atoms with Crippen molar-refractivity contribution in [3.63, 3.8) is 0 Å². The molecule has 1 amide bonds. The van der Waals surface area contributed by atoms with Crippen molar-refractivity contribution in [2.75, 3.05) is 25.0 Å². The number of hydrogen-bond donors (Lipinski definition) is 2. The largest absolute Gasteiger partial charge is 0.593 e. The first kappa shape index (κ1) is 21.9. The van der Waals surface area contributed by atoms with Crippen molar-refractivity contribution in [1.29, 1.82) is 0 Å². The Hall–Kier alpha value is -2.34. The van der Waals surface area contributed by atoms with E-state index in [-0.39, 0.29) is 22.5 Å². The number of aromatic nitrogens is 3. The number of likely N-dealkylation sites (tertiary alicyclic amines) is 1. The number of carbonyl (C=O) groups is 1. The lowest BCUT2D eigenvalue weighted by molar-refractivity contribution is -0.114. The summed E-state index contributed by atoms with van der Waals surface area (Å²) in [6, 6.07) is 5.91. The fourth-order valence-corrected chi connectivity index (χ4v) is 5.43. The van der Waals surface area contributed by atoms with Gasteiger partial charge in [-0.15, -0.1) is 4.72 Å². The second-order valence-electron chi connectivity index (χ2n) is 8.14. The first-order valence-electron chi connectivity index (χ1n) is 10.6. The number of fused-ring (bicyclic) bond motifs is 1. The number of carbonyl (C=O) groups excluding carboxylic acids is 1. The maximum atomic E-state index is 12.7. The molecule has 1 aromatic heterocycles. The maximum Gasteiger partial charge on any atom is 0.345 e. The fourth-order valence-electron chi connectivity index (χ4n) is 4.17. The number of hydrogen-bond acceptors (Lipinski definition) is 6. The zero-order chi connectivity index (χ0) is 22.0. The summed E-state index contributed by atoms with van der Waals surface area (Å²) in [6.45, 7) is 4.65. The maximum absolute atomic E-state index is 12.7. The molecule has 2 unspecified atom stereocenters. The van der Waals surface area contributed by atoms with E-state index in [0.717, 1.165) is 38.2 Å². The quantitative estimate of drug-likeness (QED) is 0.598. The average Bonchev–Trinajstić information content (AvgIpc) is 3.30. The van der Waals surface area contributed by atoms with E-state index in [9.17, 15) is 18.4 Å². The Morgan fingerprint density at radius 1 is 1.23 bits per heavy atom. The van der Waals surface area contributed by atoms with E-state index < -0.39 is 10.4 Å². The molecule has 0 radical (unpaired) electrons. The van der Waals surface area contributed by atoms with Crippen molar-refractivity contribution in [2.24, 2.45) is 0 Å². The zero-order valence-corrected chi connectivity index (χ0v) is 18.4. The van der Waals surface area contributed by atoms with E-state index in [1.54, 1.807) is 16.7 Å². The molecule has 4 rings (SSSR count). The van der Waals surface area contributed by atoms with Gasteiger partial charge >= 0.3 is 5.69 Å². The van der Waals surface area contributed by atoms with Gasteiger partial charge < -0.3 is 9.87 Å². The number of aryl methyl sites for hydroxylation is 1. The van der Waals surface area contributed by atoms with Crippen LogP contribution in [0.15, 0.2) is 34.0 Å². The van der Waals surface area contributed by atoms with Gasteiger partial charge in [-0.2, -0.15) is 5.10 Å². The Labute approximate surface area is 182 Å². The van der Waals surface area contributed by atoms with Gasteiger partial charge in [-0.3, -0.25) is 14.3 Å². The molecule has 1 fully saturated rings. The third kappa shape index (κ3) is 5.12. The minimum atomic E-state index is -3.65. The van der Waals surface area contributed by atoms with Crippen LogP contribution in [-0.2, 0) is 38.9 Å². The molecule has 0 spiro atoms. The topological polar surface area (TPSA) is 124 Å². The van der Waals surface area contributed by atoms with Gasteiger partial charge in [-0.25, -0.2) is 9.48 Å². The van der Waals surface area contributed by atoms with Gasteiger partial charge in [-0.05, 0) is 50.1 Å². The number of nitrogens with one attached hydrogen (secondary N) is 2. The van der Waals surface area contributed by atoms with Crippen LogP contribution in [-0.4, -0.2) is 55.4 Å². The SMILES string of the molecule is CC(=O)Nc1ccc([S+](=O)([O-])NC2CCN(CCn3nc4n(c3=O)CCCC4)C2)cc1. The lowest BCUT2D eigenvalue weighted by atomic mass is 10.2. The summed E-state index contributed by atoms with van der Waals surface area (Å²) in [4.78, 5) is 25.9. The molecule has 0 aliphatic carbocycles. The highest BCUT2D eigenvalue weighted by molar-refractivity contribution is 7.95. The highest BCUT2D eigenvalue weighted by Gasteiger charge is 2.30. The number of sulfonamides is 1. The van der Waals surface area contributed by atoms with E-state index in [1.807, 2.05) is 0 Å². The predicted molar refractivity (Wildman–Crippen MR) is 115 cm³/mol. The molecule has 0 saturated carbocycles. The summed E-state index contributed by atoms with van der Waals surface area (Å²) in [7, 11) is -3.65. The van der Waals surface area contributed by atoms with Crippen molar-refractivity contribution < 1.29 is 13.6 Å². The summed E-state index contributed by atoms with van der Waals surface area (Å²) in [5, 5.41) is 7.07. The highest BCUT2D eigenvalue weighted by Crippen LogP contribution is 2.20. The fraction of sp³-hybridized carbons (Fsp3) is 0.550. The molecule has 3 heterocycles. The summed E-state index contributed by atoms with van der Waals surface area (Å²) < 4.78 is 31.4. The molecule has 2 aliphatic heterocycles. The summed E-state index contributed by atoms with van der Waals surface area (Å²) >= 11 is 0. The van der Waals surface area contributed by atoms with Gasteiger partial charge in [0.15, 0.2) is 15.3 Å². The Balaban J connectivity index is 1.30. The molecule has 2 aromatic rings. The van der Waals surface area contributed by atoms with Crippen LogP contribution in [0, 0.1) is 0 Å². The highest BCUT2D eigenvalue weighted by atomic mass is 32.3. The molecule has 168 valence electrons. The van der Waals surface area contributed by atoms with E-state index in [0.29, 0.717) is 31.7 Å². The van der Waals surface area contributed by atoms with Gasteiger partial charge in [0.1, 0.15) is 5.82 Å².